The minimum absolute atomic E-state index is 0.0304. The van der Waals surface area contributed by atoms with Crippen molar-refractivity contribution in [3.05, 3.63) is 76.7 Å². The number of nitrogens with one attached hydrogen (secondary N) is 1. The summed E-state index contributed by atoms with van der Waals surface area (Å²) in [6, 6.07) is 17.8. The Morgan fingerprint density at radius 2 is 2.03 bits per heavy atom. The van der Waals surface area contributed by atoms with Gasteiger partial charge in [-0.05, 0) is 36.1 Å². The van der Waals surface area contributed by atoms with Crippen LogP contribution >= 0.6 is 23.1 Å². The molecule has 6 nitrogen and oxygen atoms in total. The first-order valence-electron chi connectivity index (χ1n) is 9.18. The van der Waals surface area contributed by atoms with Crippen LogP contribution < -0.4 is 5.32 Å². The molecule has 4 rings (SSSR count). The van der Waals surface area contributed by atoms with E-state index in [0.29, 0.717) is 29.8 Å². The first-order valence-corrected chi connectivity index (χ1v) is 10.9. The highest BCUT2D eigenvalue weighted by Crippen LogP contribution is 2.28. The van der Waals surface area contributed by atoms with Crippen LogP contribution in [0.4, 0.5) is 0 Å². The predicted molar refractivity (Wildman–Crippen MR) is 115 cm³/mol. The van der Waals surface area contributed by atoms with Gasteiger partial charge in [-0.2, -0.15) is 0 Å². The second-order valence-corrected chi connectivity index (χ2v) is 8.75. The summed E-state index contributed by atoms with van der Waals surface area (Å²) in [5.41, 5.74) is 1.12. The molecule has 148 valence electrons. The summed E-state index contributed by atoms with van der Waals surface area (Å²) in [5, 5.41) is 14.0. The minimum atomic E-state index is -0.307. The zero-order valence-electron chi connectivity index (χ0n) is 15.8. The molecule has 29 heavy (non-hydrogen) atoms. The number of thiophene rings is 1. The second-order valence-electron chi connectivity index (χ2n) is 6.41. The van der Waals surface area contributed by atoms with Crippen LogP contribution in [0.15, 0.2) is 75.8 Å². The van der Waals surface area contributed by atoms with Crippen molar-refractivity contribution < 1.29 is 9.21 Å². The summed E-state index contributed by atoms with van der Waals surface area (Å²) in [6.07, 6.45) is 1.62. The smallest absolute Gasteiger partial charge is 0.233 e. The highest BCUT2D eigenvalue weighted by atomic mass is 32.2. The fourth-order valence-corrected chi connectivity index (χ4v) is 4.33. The third-order valence-corrected chi connectivity index (χ3v) is 6.27. The lowest BCUT2D eigenvalue weighted by Crippen LogP contribution is -2.30. The number of benzene rings is 1. The zero-order valence-corrected chi connectivity index (χ0v) is 17.5. The van der Waals surface area contributed by atoms with Crippen LogP contribution in [0.3, 0.4) is 0 Å². The molecule has 3 aromatic heterocycles. The van der Waals surface area contributed by atoms with Crippen LogP contribution in [0, 0.1) is 0 Å². The van der Waals surface area contributed by atoms with Crippen molar-refractivity contribution in [1.29, 1.82) is 0 Å². The van der Waals surface area contributed by atoms with Crippen molar-refractivity contribution in [2.24, 2.45) is 0 Å². The first kappa shape index (κ1) is 19.5. The van der Waals surface area contributed by atoms with Gasteiger partial charge in [0.1, 0.15) is 0 Å². The third-order valence-electron chi connectivity index (χ3n) is 4.31. The van der Waals surface area contributed by atoms with Gasteiger partial charge in [0, 0.05) is 4.88 Å². The average molecular weight is 425 g/mol. The van der Waals surface area contributed by atoms with Gasteiger partial charge < -0.3 is 9.73 Å². The van der Waals surface area contributed by atoms with Gasteiger partial charge in [0.15, 0.2) is 10.9 Å². The molecule has 1 N–H and O–H groups in total. The van der Waals surface area contributed by atoms with Crippen LogP contribution in [-0.2, 0) is 17.9 Å². The Kier molecular flexibility index (Phi) is 6.12. The lowest BCUT2D eigenvalue weighted by Gasteiger charge is -2.13. The Morgan fingerprint density at radius 1 is 1.17 bits per heavy atom. The maximum absolute atomic E-state index is 12.5. The molecule has 1 aromatic carbocycles. The van der Waals surface area contributed by atoms with Crippen molar-refractivity contribution in [2.45, 2.75) is 30.4 Å². The van der Waals surface area contributed by atoms with Crippen LogP contribution in [0.5, 0.6) is 0 Å². The van der Waals surface area contributed by atoms with Gasteiger partial charge in [0.2, 0.25) is 11.7 Å². The number of hydrogen-bond acceptors (Lipinski definition) is 6. The van der Waals surface area contributed by atoms with Crippen molar-refractivity contribution >= 4 is 29.0 Å². The summed E-state index contributed by atoms with van der Waals surface area (Å²) in [5.74, 6) is 1.26. The highest BCUT2D eigenvalue weighted by molar-refractivity contribution is 8.00. The number of carbonyl (C=O) groups excluding carboxylic acids is 1. The molecule has 0 spiro atoms. The van der Waals surface area contributed by atoms with E-state index in [-0.39, 0.29) is 11.2 Å². The molecule has 0 aliphatic heterocycles. The molecule has 0 aliphatic carbocycles. The number of rotatable bonds is 8. The van der Waals surface area contributed by atoms with E-state index >= 15 is 0 Å². The maximum atomic E-state index is 12.5. The largest absolute Gasteiger partial charge is 0.461 e. The lowest BCUT2D eigenvalue weighted by atomic mass is 10.2. The van der Waals surface area contributed by atoms with Crippen molar-refractivity contribution in [2.75, 3.05) is 0 Å². The topological polar surface area (TPSA) is 73.0 Å². The molecule has 0 fully saturated rings. The van der Waals surface area contributed by atoms with E-state index in [2.05, 4.69) is 27.6 Å². The highest BCUT2D eigenvalue weighted by Gasteiger charge is 2.22. The van der Waals surface area contributed by atoms with Crippen molar-refractivity contribution in [3.8, 4) is 11.6 Å². The standard InChI is InChI=1S/C21H20N4O2S2/c1-15(20(26)22-13-17-9-6-12-28-17)29-21-24-23-19(18-10-5-11-27-18)25(21)14-16-7-3-2-4-8-16/h2-12,15H,13-14H2,1H3,(H,22,26)/t15-/m0/s1. The Morgan fingerprint density at radius 3 is 2.76 bits per heavy atom. The Balaban J connectivity index is 1.52. The Labute approximate surface area is 177 Å². The van der Waals surface area contributed by atoms with Crippen molar-refractivity contribution in [1.82, 2.24) is 20.1 Å². The van der Waals surface area contributed by atoms with E-state index < -0.39 is 0 Å². The van der Waals surface area contributed by atoms with E-state index in [1.165, 1.54) is 11.8 Å². The van der Waals surface area contributed by atoms with Crippen LogP contribution in [-0.4, -0.2) is 25.9 Å². The van der Waals surface area contributed by atoms with E-state index in [4.69, 9.17) is 4.42 Å². The molecular formula is C21H20N4O2S2. The Bertz CT molecular complexity index is 1040. The fourth-order valence-electron chi connectivity index (χ4n) is 2.82. The van der Waals surface area contributed by atoms with Gasteiger partial charge in [0.05, 0.1) is 24.6 Å². The normalized spacial score (nSPS) is 12.0. The van der Waals surface area contributed by atoms with Crippen LogP contribution in [0.2, 0.25) is 0 Å². The van der Waals surface area contributed by atoms with Gasteiger partial charge >= 0.3 is 0 Å². The second kappa shape index (κ2) is 9.11. The average Bonchev–Trinajstić information content (AvgIpc) is 3.50. The molecule has 0 bridgehead atoms. The monoisotopic (exact) mass is 424 g/mol. The lowest BCUT2D eigenvalue weighted by molar-refractivity contribution is -0.120. The minimum Gasteiger partial charge on any atom is -0.461 e. The van der Waals surface area contributed by atoms with Gasteiger partial charge in [-0.15, -0.1) is 21.5 Å². The van der Waals surface area contributed by atoms with E-state index in [0.717, 1.165) is 10.4 Å². The fraction of sp³-hybridized carbons (Fsp3) is 0.190. The van der Waals surface area contributed by atoms with Gasteiger partial charge in [0.25, 0.3) is 0 Å². The maximum Gasteiger partial charge on any atom is 0.233 e. The molecule has 0 saturated carbocycles. The quantitative estimate of drug-likeness (QED) is 0.423. The number of aromatic nitrogens is 3. The summed E-state index contributed by atoms with van der Waals surface area (Å²) in [6.45, 7) is 3.01. The number of furan rings is 1. The molecule has 8 heteroatoms. The van der Waals surface area contributed by atoms with E-state index in [1.54, 1.807) is 17.6 Å². The molecule has 1 atom stereocenters. The molecule has 3 heterocycles. The summed E-state index contributed by atoms with van der Waals surface area (Å²) in [4.78, 5) is 13.7. The Hall–Kier alpha value is -2.84. The van der Waals surface area contributed by atoms with Crippen LogP contribution in [0.1, 0.15) is 17.4 Å². The number of thioether (sulfide) groups is 1. The number of nitrogens with zero attached hydrogens (tertiary/aromatic N) is 3. The van der Waals surface area contributed by atoms with Gasteiger partial charge in [-0.25, -0.2) is 0 Å². The summed E-state index contributed by atoms with van der Waals surface area (Å²) < 4.78 is 7.52. The summed E-state index contributed by atoms with van der Waals surface area (Å²) in [7, 11) is 0. The molecular weight excluding hydrogens is 404 g/mol. The number of hydrogen-bond donors (Lipinski definition) is 1. The van der Waals surface area contributed by atoms with Crippen LogP contribution in [0.25, 0.3) is 11.6 Å². The molecule has 0 aliphatic rings. The number of amides is 1. The van der Waals surface area contributed by atoms with Gasteiger partial charge in [-0.3, -0.25) is 9.36 Å². The molecule has 0 radical (unpaired) electrons. The SMILES string of the molecule is C[C@H](Sc1nnc(-c2ccco2)n1Cc1ccccc1)C(=O)NCc1cccs1. The van der Waals surface area contributed by atoms with E-state index in [1.807, 2.05) is 59.3 Å². The summed E-state index contributed by atoms with van der Waals surface area (Å²) >= 11 is 3.02. The molecule has 0 saturated heterocycles. The molecule has 0 unspecified atom stereocenters. The zero-order chi connectivity index (χ0) is 20.1. The van der Waals surface area contributed by atoms with Crippen molar-refractivity contribution in [3.63, 3.8) is 0 Å². The molecule has 4 aromatic rings. The molecule has 1 amide bonds. The van der Waals surface area contributed by atoms with E-state index in [9.17, 15) is 4.79 Å². The predicted octanol–water partition coefficient (Wildman–Crippen LogP) is 4.44. The first-order chi connectivity index (χ1) is 14.2. The number of carbonyl (C=O) groups is 1. The third kappa shape index (κ3) is 4.78. The van der Waals surface area contributed by atoms with Gasteiger partial charge in [-0.1, -0.05) is 48.2 Å².